The van der Waals surface area contributed by atoms with Crippen LogP contribution in [0.25, 0.3) is 56.0 Å². The van der Waals surface area contributed by atoms with E-state index < -0.39 is 0 Å². The van der Waals surface area contributed by atoms with Gasteiger partial charge in [-0.15, -0.1) is 12.8 Å². The van der Waals surface area contributed by atoms with Crippen LogP contribution < -0.4 is 5.73 Å². The second-order valence-electron chi connectivity index (χ2n) is 12.9. The lowest BCUT2D eigenvalue weighted by molar-refractivity contribution is 0.319. The third-order valence-corrected chi connectivity index (χ3v) is 8.97. The van der Waals surface area contributed by atoms with Gasteiger partial charge in [0.2, 0.25) is 0 Å². The first-order valence-electron chi connectivity index (χ1n) is 17.4. The number of benzene rings is 2. The van der Waals surface area contributed by atoms with E-state index in [1.807, 2.05) is 116 Å². The maximum absolute atomic E-state index is 9.03. The van der Waals surface area contributed by atoms with Crippen molar-refractivity contribution in [3.8, 4) is 58.8 Å². The van der Waals surface area contributed by atoms with Gasteiger partial charge in [0, 0.05) is 50.5 Å². The Morgan fingerprint density at radius 3 is 1.65 bits per heavy atom. The molecule has 0 amide bonds. The fraction of sp³-hybridized carbons (Fsp3) is 0.114. The van der Waals surface area contributed by atoms with Gasteiger partial charge in [0.05, 0.1) is 46.2 Å². The van der Waals surface area contributed by atoms with Gasteiger partial charge < -0.3 is 10.9 Å². The van der Waals surface area contributed by atoms with Crippen LogP contribution in [0.4, 0.5) is 0 Å². The summed E-state index contributed by atoms with van der Waals surface area (Å²) in [7, 11) is 0. The molecule has 1 unspecified atom stereocenters. The lowest BCUT2D eigenvalue weighted by Crippen LogP contribution is -2.07. The lowest BCUT2D eigenvalue weighted by Gasteiger charge is -2.09. The molecule has 0 radical (unpaired) electrons. The summed E-state index contributed by atoms with van der Waals surface area (Å²) in [5.41, 5.74) is 16.3. The standard InChI is InChI=1S/C22H17N5O.C22H19N5/c1-4-16-11-17(20-9-6-8-19(25-20)15(3)26-28)12-21-18(16)13-23-27(21)22-10-5-7-14(2)24-22;1-4-16-11-17(20-9-6-8-19(26-20)15(3)23)12-21-18(16)13-24-27(21)22-10-5-7-14(2)25-22/h1,5-13,28H,2-3H3;1,5-13,15H,23H2,2-3H3/b26-15-;. The van der Waals surface area contributed by atoms with E-state index in [0.717, 1.165) is 84.2 Å². The molecule has 0 aliphatic carbocycles. The molecular weight excluding hydrogens is 685 g/mol. The molecule has 8 aromatic rings. The first-order valence-corrected chi connectivity index (χ1v) is 17.4. The third kappa shape index (κ3) is 7.29. The molecule has 0 aliphatic heterocycles. The summed E-state index contributed by atoms with van der Waals surface area (Å²) in [6, 6.07) is 30.8. The summed E-state index contributed by atoms with van der Waals surface area (Å²) in [6.07, 6.45) is 15.1. The molecule has 2 aromatic carbocycles. The average Bonchev–Trinajstić information content (AvgIpc) is 3.85. The van der Waals surface area contributed by atoms with Crippen molar-refractivity contribution in [1.82, 2.24) is 39.5 Å². The number of aryl methyl sites for hydroxylation is 2. The Balaban J connectivity index is 0.000000169. The minimum atomic E-state index is -0.136. The van der Waals surface area contributed by atoms with Crippen molar-refractivity contribution in [1.29, 1.82) is 0 Å². The number of pyridine rings is 4. The van der Waals surface area contributed by atoms with E-state index >= 15 is 0 Å². The SMILES string of the molecule is C#Cc1cc(-c2cccc(/C(C)=N\O)n2)cc2c1cnn2-c1cccc(C)n1.C#Cc1cc(-c2cccc(C(C)N)n2)cc2c1cnn2-c1cccc(C)n1. The van der Waals surface area contributed by atoms with Crippen LogP contribution in [0.5, 0.6) is 0 Å². The molecule has 268 valence electrons. The number of hydrogen-bond donors (Lipinski definition) is 2. The van der Waals surface area contributed by atoms with E-state index in [0.29, 0.717) is 11.4 Å². The molecule has 0 fully saturated rings. The normalized spacial score (nSPS) is 11.8. The summed E-state index contributed by atoms with van der Waals surface area (Å²) in [5.74, 6) is 6.98. The highest BCUT2D eigenvalue weighted by Gasteiger charge is 2.15. The van der Waals surface area contributed by atoms with Crippen LogP contribution in [-0.2, 0) is 0 Å². The fourth-order valence-corrected chi connectivity index (χ4v) is 6.16. The lowest BCUT2D eigenvalue weighted by atomic mass is 10.0. The van der Waals surface area contributed by atoms with Crippen molar-refractivity contribution >= 4 is 27.5 Å². The van der Waals surface area contributed by atoms with Crippen LogP contribution in [-0.4, -0.2) is 50.4 Å². The average molecular weight is 721 g/mol. The van der Waals surface area contributed by atoms with Crippen LogP contribution >= 0.6 is 0 Å². The minimum Gasteiger partial charge on any atom is -0.411 e. The second kappa shape index (κ2) is 15.2. The minimum absolute atomic E-state index is 0.136. The largest absolute Gasteiger partial charge is 0.411 e. The summed E-state index contributed by atoms with van der Waals surface area (Å²) in [5, 5.41) is 23.1. The number of nitrogens with zero attached hydrogens (tertiary/aromatic N) is 9. The molecule has 0 saturated carbocycles. The molecular formula is C44H36N10O. The van der Waals surface area contributed by atoms with Gasteiger partial charge in [0.1, 0.15) is 5.71 Å². The fourth-order valence-electron chi connectivity index (χ4n) is 6.16. The van der Waals surface area contributed by atoms with E-state index in [4.69, 9.17) is 23.8 Å². The molecule has 3 N–H and O–H groups in total. The van der Waals surface area contributed by atoms with Crippen molar-refractivity contribution in [2.75, 3.05) is 0 Å². The molecule has 11 heteroatoms. The summed E-state index contributed by atoms with van der Waals surface area (Å²) < 4.78 is 3.58. The summed E-state index contributed by atoms with van der Waals surface area (Å²) in [4.78, 5) is 18.4. The van der Waals surface area contributed by atoms with Crippen molar-refractivity contribution in [2.24, 2.45) is 10.9 Å². The number of fused-ring (bicyclic) bond motifs is 2. The number of oxime groups is 1. The highest BCUT2D eigenvalue weighted by Crippen LogP contribution is 2.30. The number of terminal acetylenes is 2. The van der Waals surface area contributed by atoms with E-state index in [1.165, 1.54) is 0 Å². The smallest absolute Gasteiger partial charge is 0.154 e. The van der Waals surface area contributed by atoms with Crippen molar-refractivity contribution in [2.45, 2.75) is 33.7 Å². The molecule has 0 saturated heterocycles. The Morgan fingerprint density at radius 1 is 0.691 bits per heavy atom. The Labute approximate surface area is 318 Å². The monoisotopic (exact) mass is 720 g/mol. The van der Waals surface area contributed by atoms with Gasteiger partial charge in [-0.2, -0.15) is 10.2 Å². The van der Waals surface area contributed by atoms with E-state index in [2.05, 4.69) is 47.1 Å². The molecule has 0 aliphatic rings. The first-order chi connectivity index (χ1) is 26.7. The maximum atomic E-state index is 9.03. The van der Waals surface area contributed by atoms with Crippen LogP contribution in [0.3, 0.4) is 0 Å². The number of rotatable bonds is 6. The van der Waals surface area contributed by atoms with Crippen LogP contribution in [0, 0.1) is 38.5 Å². The van der Waals surface area contributed by atoms with Gasteiger partial charge in [0.25, 0.3) is 0 Å². The van der Waals surface area contributed by atoms with E-state index in [-0.39, 0.29) is 6.04 Å². The van der Waals surface area contributed by atoms with Gasteiger partial charge in [0.15, 0.2) is 11.6 Å². The van der Waals surface area contributed by atoms with Gasteiger partial charge in [-0.25, -0.2) is 24.3 Å². The number of hydrogen-bond acceptors (Lipinski definition) is 9. The molecule has 11 nitrogen and oxygen atoms in total. The Morgan fingerprint density at radius 2 is 1.18 bits per heavy atom. The Hall–Kier alpha value is -7.47. The van der Waals surface area contributed by atoms with Crippen LogP contribution in [0.1, 0.15) is 53.8 Å². The molecule has 6 heterocycles. The highest BCUT2D eigenvalue weighted by atomic mass is 16.4. The van der Waals surface area contributed by atoms with E-state index in [9.17, 15) is 0 Å². The summed E-state index contributed by atoms with van der Waals surface area (Å²) in [6.45, 7) is 7.51. The molecule has 0 spiro atoms. The number of aromatic nitrogens is 8. The third-order valence-electron chi connectivity index (χ3n) is 8.97. The maximum Gasteiger partial charge on any atom is 0.154 e. The molecule has 8 rings (SSSR count). The zero-order valence-corrected chi connectivity index (χ0v) is 30.7. The molecule has 0 bridgehead atoms. The van der Waals surface area contributed by atoms with Gasteiger partial charge in [-0.05, 0) is 100 Å². The molecule has 1 atom stereocenters. The molecule has 6 aromatic heterocycles. The highest BCUT2D eigenvalue weighted by molar-refractivity contribution is 5.97. The van der Waals surface area contributed by atoms with Gasteiger partial charge >= 0.3 is 0 Å². The van der Waals surface area contributed by atoms with Crippen molar-refractivity contribution < 1.29 is 5.21 Å². The zero-order chi connectivity index (χ0) is 38.6. The Bertz CT molecular complexity index is 2830. The van der Waals surface area contributed by atoms with Crippen molar-refractivity contribution in [3.05, 3.63) is 143 Å². The van der Waals surface area contributed by atoms with Crippen LogP contribution in [0.2, 0.25) is 0 Å². The number of nitrogens with two attached hydrogens (primary N) is 1. The van der Waals surface area contributed by atoms with Gasteiger partial charge in [-0.1, -0.05) is 41.3 Å². The second-order valence-corrected chi connectivity index (χ2v) is 12.9. The van der Waals surface area contributed by atoms with E-state index in [1.54, 1.807) is 30.1 Å². The quantitative estimate of drug-likeness (QED) is 0.0767. The summed E-state index contributed by atoms with van der Waals surface area (Å²) >= 11 is 0. The zero-order valence-electron chi connectivity index (χ0n) is 30.7. The predicted molar refractivity (Wildman–Crippen MR) is 216 cm³/mol. The topological polar surface area (TPSA) is 146 Å². The van der Waals surface area contributed by atoms with Crippen molar-refractivity contribution in [3.63, 3.8) is 0 Å². The molecule has 55 heavy (non-hydrogen) atoms. The van der Waals surface area contributed by atoms with Crippen LogP contribution in [0.15, 0.2) is 115 Å². The predicted octanol–water partition coefficient (Wildman–Crippen LogP) is 7.76. The first kappa shape index (κ1) is 35.9. The van der Waals surface area contributed by atoms with Gasteiger partial charge in [-0.3, -0.25) is 4.98 Å². The Kier molecular flexibility index (Phi) is 9.96.